The van der Waals surface area contributed by atoms with E-state index >= 15 is 0 Å². The van der Waals surface area contributed by atoms with Gasteiger partial charge in [-0.25, -0.2) is 0 Å². The lowest BCUT2D eigenvalue weighted by Crippen LogP contribution is -2.28. The zero-order valence-corrected chi connectivity index (χ0v) is 12.2. The summed E-state index contributed by atoms with van der Waals surface area (Å²) in [5.41, 5.74) is 7.54. The maximum atomic E-state index is 8.88. The molecule has 2 heterocycles. The third kappa shape index (κ3) is 3.36. The third-order valence-electron chi connectivity index (χ3n) is 3.42. The largest absolute Gasteiger partial charge is 0.395 e. The van der Waals surface area contributed by atoms with Crippen LogP contribution in [-0.2, 0) is 7.05 Å². The van der Waals surface area contributed by atoms with Crippen molar-refractivity contribution < 1.29 is 5.11 Å². The Balaban J connectivity index is 1.69. The minimum Gasteiger partial charge on any atom is -0.395 e. The SMILES string of the molecule is Cc1nn(C)c(NCCCN2C=CN(CCO)C2)c1N. The van der Waals surface area contributed by atoms with Crippen LogP contribution in [0, 0.1) is 6.92 Å². The van der Waals surface area contributed by atoms with E-state index in [1.807, 2.05) is 20.2 Å². The molecule has 1 aromatic rings. The average molecular weight is 280 g/mol. The predicted octanol–water partition coefficient (Wildman–Crippen LogP) is 0.151. The molecule has 20 heavy (non-hydrogen) atoms. The van der Waals surface area contributed by atoms with Gasteiger partial charge in [-0.1, -0.05) is 0 Å². The predicted molar refractivity (Wildman–Crippen MR) is 80.0 cm³/mol. The molecule has 0 unspecified atom stereocenters. The molecule has 1 aromatic heterocycles. The molecule has 1 aliphatic heterocycles. The average Bonchev–Trinajstić information content (AvgIpc) is 2.94. The molecule has 0 atom stereocenters. The molecule has 0 spiro atoms. The topological polar surface area (TPSA) is 82.6 Å². The fourth-order valence-corrected chi connectivity index (χ4v) is 2.31. The van der Waals surface area contributed by atoms with Gasteiger partial charge in [-0.2, -0.15) is 5.10 Å². The van der Waals surface area contributed by atoms with E-state index in [2.05, 4.69) is 26.4 Å². The van der Waals surface area contributed by atoms with E-state index < -0.39 is 0 Å². The summed E-state index contributed by atoms with van der Waals surface area (Å²) < 4.78 is 1.78. The second-order valence-electron chi connectivity index (χ2n) is 5.04. The van der Waals surface area contributed by atoms with Crippen molar-refractivity contribution in [2.45, 2.75) is 13.3 Å². The Labute approximate surface area is 119 Å². The smallest absolute Gasteiger partial charge is 0.147 e. The number of nitrogens with zero attached hydrogens (tertiary/aromatic N) is 4. The van der Waals surface area contributed by atoms with Crippen molar-refractivity contribution in [1.29, 1.82) is 0 Å². The number of aliphatic hydroxyl groups excluding tert-OH is 1. The summed E-state index contributed by atoms with van der Waals surface area (Å²) in [5, 5.41) is 16.5. The highest BCUT2D eigenvalue weighted by atomic mass is 16.3. The van der Waals surface area contributed by atoms with Gasteiger partial charge in [0.1, 0.15) is 5.82 Å². The van der Waals surface area contributed by atoms with E-state index in [4.69, 9.17) is 10.8 Å². The van der Waals surface area contributed by atoms with E-state index in [9.17, 15) is 0 Å². The third-order valence-corrected chi connectivity index (χ3v) is 3.42. The van der Waals surface area contributed by atoms with Crippen molar-refractivity contribution in [3.05, 3.63) is 18.1 Å². The Morgan fingerprint density at radius 3 is 2.65 bits per heavy atom. The lowest BCUT2D eigenvalue weighted by atomic mass is 10.3. The highest BCUT2D eigenvalue weighted by Crippen LogP contribution is 2.20. The molecule has 7 heteroatoms. The highest BCUT2D eigenvalue weighted by Gasteiger charge is 2.12. The normalized spacial score (nSPS) is 14.3. The number of nitrogen functional groups attached to an aromatic ring is 1. The van der Waals surface area contributed by atoms with Crippen LogP contribution in [0.1, 0.15) is 12.1 Å². The van der Waals surface area contributed by atoms with Gasteiger partial charge in [-0.05, 0) is 13.3 Å². The van der Waals surface area contributed by atoms with Crippen molar-refractivity contribution in [2.24, 2.45) is 7.05 Å². The number of aromatic nitrogens is 2. The van der Waals surface area contributed by atoms with E-state index in [-0.39, 0.29) is 6.61 Å². The summed E-state index contributed by atoms with van der Waals surface area (Å²) in [6.45, 7) is 5.48. The number of hydrogen-bond donors (Lipinski definition) is 3. The summed E-state index contributed by atoms with van der Waals surface area (Å²) in [6.07, 6.45) is 5.10. The Kier molecular flexibility index (Phi) is 4.73. The molecular formula is C13H24N6O. The van der Waals surface area contributed by atoms with Crippen LogP contribution in [0.15, 0.2) is 12.4 Å². The molecule has 1 aliphatic rings. The molecule has 0 aliphatic carbocycles. The lowest BCUT2D eigenvalue weighted by Gasteiger charge is -2.20. The summed E-state index contributed by atoms with van der Waals surface area (Å²) in [6, 6.07) is 0. The molecule has 0 aromatic carbocycles. The maximum absolute atomic E-state index is 8.88. The molecule has 112 valence electrons. The quantitative estimate of drug-likeness (QED) is 0.617. The summed E-state index contributed by atoms with van der Waals surface area (Å²) in [5.74, 6) is 0.890. The number of nitrogens with one attached hydrogen (secondary N) is 1. The van der Waals surface area contributed by atoms with Gasteiger partial charge in [0.25, 0.3) is 0 Å². The molecule has 0 amide bonds. The molecule has 0 radical (unpaired) electrons. The molecule has 7 nitrogen and oxygen atoms in total. The summed E-state index contributed by atoms with van der Waals surface area (Å²) >= 11 is 0. The Morgan fingerprint density at radius 2 is 2.05 bits per heavy atom. The Bertz CT molecular complexity index is 470. The van der Waals surface area contributed by atoms with Gasteiger partial charge in [-0.3, -0.25) is 4.68 Å². The van der Waals surface area contributed by atoms with Crippen molar-refractivity contribution in [1.82, 2.24) is 19.6 Å². The zero-order valence-electron chi connectivity index (χ0n) is 12.2. The molecule has 0 saturated carbocycles. The van der Waals surface area contributed by atoms with Gasteiger partial charge in [0, 0.05) is 39.1 Å². The van der Waals surface area contributed by atoms with Gasteiger partial charge in [0.15, 0.2) is 0 Å². The number of aryl methyl sites for hydroxylation is 2. The van der Waals surface area contributed by atoms with E-state index in [1.54, 1.807) is 4.68 Å². The first-order chi connectivity index (χ1) is 9.61. The van der Waals surface area contributed by atoms with Crippen LogP contribution in [-0.4, -0.2) is 57.6 Å². The number of hydrogen-bond acceptors (Lipinski definition) is 6. The number of nitrogens with two attached hydrogens (primary N) is 1. The van der Waals surface area contributed by atoms with Crippen LogP contribution in [0.2, 0.25) is 0 Å². The lowest BCUT2D eigenvalue weighted by molar-refractivity contribution is 0.206. The number of β-amino-alcohol motifs (C(OH)–C–C–N with tert-alkyl or cyclic N) is 1. The van der Waals surface area contributed by atoms with Gasteiger partial charge in [0.05, 0.1) is 24.7 Å². The second-order valence-corrected chi connectivity index (χ2v) is 5.04. The van der Waals surface area contributed by atoms with Gasteiger partial charge in [-0.15, -0.1) is 0 Å². The number of aliphatic hydroxyl groups is 1. The first-order valence-corrected chi connectivity index (χ1v) is 6.92. The van der Waals surface area contributed by atoms with Crippen LogP contribution in [0.4, 0.5) is 11.5 Å². The van der Waals surface area contributed by atoms with E-state index in [0.717, 1.165) is 43.4 Å². The van der Waals surface area contributed by atoms with Crippen LogP contribution in [0.25, 0.3) is 0 Å². The monoisotopic (exact) mass is 280 g/mol. The number of anilines is 2. The summed E-state index contributed by atoms with van der Waals surface area (Å²) in [7, 11) is 1.89. The standard InChI is InChI=1S/C13H24N6O/c1-11-12(14)13(17(2)16-11)15-4-3-5-18-6-7-19(10-18)8-9-20/h6-7,15,20H,3-5,8-10,14H2,1-2H3. The molecule has 0 bridgehead atoms. The fourth-order valence-electron chi connectivity index (χ4n) is 2.31. The zero-order chi connectivity index (χ0) is 14.5. The molecule has 4 N–H and O–H groups in total. The van der Waals surface area contributed by atoms with E-state index in [1.165, 1.54) is 0 Å². The van der Waals surface area contributed by atoms with Gasteiger partial charge >= 0.3 is 0 Å². The molecule has 2 rings (SSSR count). The summed E-state index contributed by atoms with van der Waals surface area (Å²) in [4.78, 5) is 4.32. The first kappa shape index (κ1) is 14.5. The minimum absolute atomic E-state index is 0.193. The molecule has 0 saturated heterocycles. The second kappa shape index (κ2) is 6.51. The van der Waals surface area contributed by atoms with Crippen molar-refractivity contribution in [2.75, 3.05) is 44.0 Å². The van der Waals surface area contributed by atoms with Crippen LogP contribution < -0.4 is 11.1 Å². The minimum atomic E-state index is 0.193. The van der Waals surface area contributed by atoms with E-state index in [0.29, 0.717) is 6.54 Å². The van der Waals surface area contributed by atoms with Crippen molar-refractivity contribution >= 4 is 11.5 Å². The Hall–Kier alpha value is -1.89. The van der Waals surface area contributed by atoms with Gasteiger partial charge < -0.3 is 26.0 Å². The molecular weight excluding hydrogens is 256 g/mol. The van der Waals surface area contributed by atoms with Crippen LogP contribution in [0.3, 0.4) is 0 Å². The van der Waals surface area contributed by atoms with Crippen LogP contribution >= 0.6 is 0 Å². The first-order valence-electron chi connectivity index (χ1n) is 6.92. The van der Waals surface area contributed by atoms with Gasteiger partial charge in [0.2, 0.25) is 0 Å². The van der Waals surface area contributed by atoms with Crippen molar-refractivity contribution in [3.8, 4) is 0 Å². The Morgan fingerprint density at radius 1 is 1.35 bits per heavy atom. The van der Waals surface area contributed by atoms with Crippen molar-refractivity contribution in [3.63, 3.8) is 0 Å². The fraction of sp³-hybridized carbons (Fsp3) is 0.615. The maximum Gasteiger partial charge on any atom is 0.147 e. The molecule has 0 fully saturated rings. The number of rotatable bonds is 7. The van der Waals surface area contributed by atoms with Crippen LogP contribution in [0.5, 0.6) is 0 Å². The highest BCUT2D eigenvalue weighted by molar-refractivity contribution is 5.64.